The van der Waals surface area contributed by atoms with Gasteiger partial charge >= 0.3 is 6.09 Å². The van der Waals surface area contributed by atoms with Crippen LogP contribution in [0.1, 0.15) is 55.4 Å². The predicted molar refractivity (Wildman–Crippen MR) is 117 cm³/mol. The van der Waals surface area contributed by atoms with E-state index in [1.165, 1.54) is 6.08 Å². The Balaban J connectivity index is 5.49. The van der Waals surface area contributed by atoms with Crippen molar-refractivity contribution in [2.45, 2.75) is 103 Å². The van der Waals surface area contributed by atoms with Gasteiger partial charge in [0, 0.05) is 0 Å². The Morgan fingerprint density at radius 3 is 2.04 bits per heavy atom. The summed E-state index contributed by atoms with van der Waals surface area (Å²) in [7, 11) is -2.14. The minimum atomic E-state index is -2.14. The molecular weight excluding hydrogens is 374 g/mol. The van der Waals surface area contributed by atoms with E-state index in [1.54, 1.807) is 39.8 Å². The third kappa shape index (κ3) is 9.36. The first kappa shape index (κ1) is 26.8. The van der Waals surface area contributed by atoms with E-state index in [0.29, 0.717) is 0 Å². The smallest absolute Gasteiger partial charge is 0.408 e. The number of hydrogen-bond donors (Lipinski definition) is 3. The average molecular weight is 416 g/mol. The van der Waals surface area contributed by atoms with E-state index >= 15 is 0 Å². The summed E-state index contributed by atoms with van der Waals surface area (Å²) >= 11 is 0. The van der Waals surface area contributed by atoms with Crippen molar-refractivity contribution in [1.29, 1.82) is 0 Å². The summed E-state index contributed by atoms with van der Waals surface area (Å²) in [6.07, 6.45) is 3.26. The molecule has 0 aromatic carbocycles. The maximum Gasteiger partial charge on any atom is 0.408 e. The molecule has 3 N–H and O–H groups in total. The van der Waals surface area contributed by atoms with Crippen LogP contribution < -0.4 is 5.32 Å². The third-order valence-electron chi connectivity index (χ3n) is 4.80. The zero-order valence-corrected chi connectivity index (χ0v) is 20.2. The molecule has 0 saturated carbocycles. The second kappa shape index (κ2) is 10.6. The first-order valence-electron chi connectivity index (χ1n) is 9.85. The highest BCUT2D eigenvalue weighted by molar-refractivity contribution is 6.74. The molecule has 0 spiro atoms. The molecule has 0 heterocycles. The molecule has 0 fully saturated rings. The highest BCUT2D eigenvalue weighted by Gasteiger charge is 2.41. The van der Waals surface area contributed by atoms with Gasteiger partial charge < -0.3 is 24.7 Å². The third-order valence-corrected chi connectivity index (χ3v) is 9.37. The molecule has 0 saturated heterocycles. The summed E-state index contributed by atoms with van der Waals surface area (Å²) in [4.78, 5) is 12.2. The van der Waals surface area contributed by atoms with Crippen LogP contribution in [-0.2, 0) is 9.16 Å². The lowest BCUT2D eigenvalue weighted by Gasteiger charge is -2.41. The fourth-order valence-corrected chi connectivity index (χ4v) is 3.65. The fourth-order valence-electron chi connectivity index (χ4n) is 2.23. The molecule has 1 amide bonds. The topological polar surface area (TPSA) is 88.0 Å². The van der Waals surface area contributed by atoms with Crippen molar-refractivity contribution in [3.63, 3.8) is 0 Å². The molecule has 0 unspecified atom stereocenters. The van der Waals surface area contributed by atoms with Gasteiger partial charge in [-0.05, 0) is 52.8 Å². The summed E-state index contributed by atoms with van der Waals surface area (Å²) in [5, 5.41) is 24.0. The molecule has 4 atom stereocenters. The van der Waals surface area contributed by atoms with E-state index in [1.807, 2.05) is 13.0 Å². The molecule has 0 aliphatic rings. The Bertz CT molecular complexity index is 546. The van der Waals surface area contributed by atoms with Crippen molar-refractivity contribution in [3.05, 3.63) is 24.3 Å². The number of amides is 1. The second-order valence-electron chi connectivity index (χ2n) is 9.65. The van der Waals surface area contributed by atoms with Crippen LogP contribution >= 0.6 is 0 Å². The SMILES string of the molecule is C/C=C/C=C/[C@H](O)[C@H](NC(=O)OC(C)(C)C)[C@H](O)[C@@H](C)O[Si](C)(C)C(C)(C)C. The lowest BCUT2D eigenvalue weighted by Crippen LogP contribution is -2.57. The zero-order chi connectivity index (χ0) is 22.3. The maximum absolute atomic E-state index is 12.2. The van der Waals surface area contributed by atoms with E-state index < -0.39 is 44.4 Å². The van der Waals surface area contributed by atoms with Crippen LogP contribution in [0, 0.1) is 0 Å². The van der Waals surface area contributed by atoms with Crippen molar-refractivity contribution in [3.8, 4) is 0 Å². The number of rotatable bonds is 8. The standard InChI is InChI=1S/C21H41NO5Si/c1-11-12-13-14-16(23)17(22-19(25)26-20(3,4)5)18(24)15(2)27-28(9,10)21(6,7)8/h11-18,23-24H,1-10H3,(H,22,25)/b12-11+,14-13+/t15-,16+,17+,18-/m1/s1. The Morgan fingerprint density at radius 1 is 1.07 bits per heavy atom. The molecule has 28 heavy (non-hydrogen) atoms. The first-order chi connectivity index (χ1) is 12.5. The minimum absolute atomic E-state index is 0.0283. The quantitative estimate of drug-likeness (QED) is 0.409. The molecule has 7 heteroatoms. The van der Waals surface area contributed by atoms with Crippen molar-refractivity contribution < 1.29 is 24.2 Å². The predicted octanol–water partition coefficient (Wildman–Crippen LogP) is 4.14. The van der Waals surface area contributed by atoms with Gasteiger partial charge in [0.05, 0.1) is 18.2 Å². The van der Waals surface area contributed by atoms with Gasteiger partial charge in [0.1, 0.15) is 11.7 Å². The molecule has 6 nitrogen and oxygen atoms in total. The van der Waals surface area contributed by atoms with Gasteiger partial charge in [-0.1, -0.05) is 45.1 Å². The van der Waals surface area contributed by atoms with Crippen LogP contribution in [0.2, 0.25) is 18.1 Å². The molecule has 0 aliphatic carbocycles. The Labute approximate surface area is 172 Å². The average Bonchev–Trinajstić information content (AvgIpc) is 2.48. The first-order valence-corrected chi connectivity index (χ1v) is 12.8. The van der Waals surface area contributed by atoms with Crippen LogP contribution in [0.5, 0.6) is 0 Å². The van der Waals surface area contributed by atoms with Crippen LogP contribution in [0.15, 0.2) is 24.3 Å². The maximum atomic E-state index is 12.2. The van der Waals surface area contributed by atoms with E-state index in [2.05, 4.69) is 39.2 Å². The normalized spacial score (nSPS) is 18.1. The van der Waals surface area contributed by atoms with Crippen LogP contribution in [0.3, 0.4) is 0 Å². The zero-order valence-electron chi connectivity index (χ0n) is 19.2. The summed E-state index contributed by atoms with van der Waals surface area (Å²) in [6.45, 7) is 19.4. The molecule has 0 radical (unpaired) electrons. The summed E-state index contributed by atoms with van der Waals surface area (Å²) in [6, 6.07) is -0.976. The number of hydrogen-bond acceptors (Lipinski definition) is 5. The van der Waals surface area contributed by atoms with Gasteiger partial charge in [-0.3, -0.25) is 0 Å². The number of ether oxygens (including phenoxy) is 1. The van der Waals surface area contributed by atoms with Gasteiger partial charge in [0.2, 0.25) is 0 Å². The highest BCUT2D eigenvalue weighted by Crippen LogP contribution is 2.37. The van der Waals surface area contributed by atoms with Crippen molar-refractivity contribution >= 4 is 14.4 Å². The molecule has 0 rings (SSSR count). The molecule has 0 aromatic rings. The largest absolute Gasteiger partial charge is 0.444 e. The van der Waals surface area contributed by atoms with Gasteiger partial charge in [-0.2, -0.15) is 0 Å². The second-order valence-corrected chi connectivity index (χ2v) is 14.4. The van der Waals surface area contributed by atoms with E-state index in [9.17, 15) is 15.0 Å². The minimum Gasteiger partial charge on any atom is -0.444 e. The number of carbonyl (C=O) groups is 1. The van der Waals surface area contributed by atoms with Crippen LogP contribution in [0.4, 0.5) is 4.79 Å². The Kier molecular flexibility index (Phi) is 10.1. The lowest BCUT2D eigenvalue weighted by molar-refractivity contribution is -0.0202. The molecule has 0 aromatic heterocycles. The van der Waals surface area contributed by atoms with Gasteiger partial charge in [-0.25, -0.2) is 4.79 Å². The Morgan fingerprint density at radius 2 is 1.61 bits per heavy atom. The number of carbonyl (C=O) groups excluding carboxylic acids is 1. The summed E-state index contributed by atoms with van der Waals surface area (Å²) in [5.74, 6) is 0. The fraction of sp³-hybridized carbons (Fsp3) is 0.762. The number of aliphatic hydroxyl groups excluding tert-OH is 2. The van der Waals surface area contributed by atoms with E-state index in [4.69, 9.17) is 9.16 Å². The molecule has 0 aliphatic heterocycles. The summed E-state index contributed by atoms with van der Waals surface area (Å²) < 4.78 is 11.5. The highest BCUT2D eigenvalue weighted by atomic mass is 28.4. The van der Waals surface area contributed by atoms with Gasteiger partial charge in [0.15, 0.2) is 8.32 Å². The molecule has 0 bridgehead atoms. The van der Waals surface area contributed by atoms with Crippen molar-refractivity contribution in [2.75, 3.05) is 0 Å². The number of alkyl carbamates (subject to hydrolysis) is 1. The number of aliphatic hydroxyl groups is 2. The number of nitrogens with one attached hydrogen (secondary N) is 1. The van der Waals surface area contributed by atoms with Crippen LogP contribution in [-0.4, -0.2) is 54.6 Å². The van der Waals surface area contributed by atoms with Crippen molar-refractivity contribution in [1.82, 2.24) is 5.32 Å². The lowest BCUT2D eigenvalue weighted by atomic mass is 10.0. The van der Waals surface area contributed by atoms with E-state index in [-0.39, 0.29) is 5.04 Å². The number of allylic oxidation sites excluding steroid dienone is 3. The molecule has 164 valence electrons. The van der Waals surface area contributed by atoms with E-state index in [0.717, 1.165) is 0 Å². The monoisotopic (exact) mass is 415 g/mol. The van der Waals surface area contributed by atoms with Crippen molar-refractivity contribution in [2.24, 2.45) is 0 Å². The van der Waals surface area contributed by atoms with Gasteiger partial charge in [-0.15, -0.1) is 0 Å². The van der Waals surface area contributed by atoms with Gasteiger partial charge in [0.25, 0.3) is 0 Å². The van der Waals surface area contributed by atoms with Crippen LogP contribution in [0.25, 0.3) is 0 Å². The summed E-state index contributed by atoms with van der Waals surface area (Å²) in [5.41, 5.74) is -0.686. The molecular formula is C21H41NO5Si. The Hall–Kier alpha value is -1.15.